The number of carbonyl (C=O) groups excluding carboxylic acids is 1. The van der Waals surface area contributed by atoms with Crippen LogP contribution in [0.4, 0.5) is 13.2 Å². The van der Waals surface area contributed by atoms with Crippen molar-refractivity contribution >= 4 is 16.7 Å². The molecule has 4 rings (SSSR count). The van der Waals surface area contributed by atoms with Crippen LogP contribution in [0.5, 0.6) is 11.6 Å². The molecule has 1 fully saturated rings. The average molecular weight is 402 g/mol. The summed E-state index contributed by atoms with van der Waals surface area (Å²) in [6.45, 7) is 1.95. The number of carbonyl (C=O) groups is 1. The van der Waals surface area contributed by atoms with E-state index < -0.39 is 11.7 Å². The molecule has 1 aromatic heterocycles. The van der Waals surface area contributed by atoms with Crippen molar-refractivity contribution < 1.29 is 27.4 Å². The molecule has 0 unspecified atom stereocenters. The number of pyridine rings is 1. The SMILES string of the molecule is O=C(c1cnc(Oc2cccc(C(F)(F)F)c2)c2ccccc12)N1CCOCC1. The van der Waals surface area contributed by atoms with Crippen LogP contribution < -0.4 is 4.74 Å². The smallest absolute Gasteiger partial charge is 0.416 e. The van der Waals surface area contributed by atoms with Gasteiger partial charge in [0.05, 0.1) is 24.3 Å². The maximum Gasteiger partial charge on any atom is 0.416 e. The molecule has 150 valence electrons. The Kier molecular flexibility index (Phi) is 5.10. The first-order valence-corrected chi connectivity index (χ1v) is 9.03. The first-order chi connectivity index (χ1) is 13.9. The summed E-state index contributed by atoms with van der Waals surface area (Å²) in [4.78, 5) is 18.8. The summed E-state index contributed by atoms with van der Waals surface area (Å²) in [7, 11) is 0. The van der Waals surface area contributed by atoms with Gasteiger partial charge >= 0.3 is 6.18 Å². The lowest BCUT2D eigenvalue weighted by Crippen LogP contribution is -2.40. The van der Waals surface area contributed by atoms with Gasteiger partial charge in [0.2, 0.25) is 5.88 Å². The zero-order valence-electron chi connectivity index (χ0n) is 15.3. The van der Waals surface area contributed by atoms with Crippen LogP contribution >= 0.6 is 0 Å². The van der Waals surface area contributed by atoms with Gasteiger partial charge in [0.25, 0.3) is 5.91 Å². The number of benzene rings is 2. The molecule has 3 aromatic rings. The van der Waals surface area contributed by atoms with Crippen LogP contribution in [0.25, 0.3) is 10.8 Å². The number of amides is 1. The molecule has 0 N–H and O–H groups in total. The number of nitrogens with zero attached hydrogens (tertiary/aromatic N) is 2. The maximum absolute atomic E-state index is 13.0. The van der Waals surface area contributed by atoms with E-state index in [1.54, 1.807) is 29.2 Å². The van der Waals surface area contributed by atoms with Gasteiger partial charge < -0.3 is 14.4 Å². The quantitative estimate of drug-likeness (QED) is 0.647. The van der Waals surface area contributed by atoms with Crippen LogP contribution in [-0.2, 0) is 10.9 Å². The molecule has 29 heavy (non-hydrogen) atoms. The van der Waals surface area contributed by atoms with E-state index >= 15 is 0 Å². The minimum Gasteiger partial charge on any atom is -0.438 e. The van der Waals surface area contributed by atoms with Gasteiger partial charge in [-0.2, -0.15) is 13.2 Å². The van der Waals surface area contributed by atoms with Crippen LogP contribution in [0.3, 0.4) is 0 Å². The van der Waals surface area contributed by atoms with Crippen molar-refractivity contribution in [2.45, 2.75) is 6.18 Å². The number of aromatic nitrogens is 1. The van der Waals surface area contributed by atoms with E-state index in [-0.39, 0.29) is 17.5 Å². The third-order valence-corrected chi connectivity index (χ3v) is 4.66. The fraction of sp³-hybridized carbons (Fsp3) is 0.238. The molecule has 0 atom stereocenters. The summed E-state index contributed by atoms with van der Waals surface area (Å²) in [5, 5.41) is 1.17. The van der Waals surface area contributed by atoms with E-state index in [1.165, 1.54) is 18.3 Å². The largest absolute Gasteiger partial charge is 0.438 e. The zero-order valence-corrected chi connectivity index (χ0v) is 15.3. The van der Waals surface area contributed by atoms with Crippen molar-refractivity contribution in [2.75, 3.05) is 26.3 Å². The fourth-order valence-electron chi connectivity index (χ4n) is 3.20. The molecule has 2 aromatic carbocycles. The Hall–Kier alpha value is -3.13. The molecule has 1 aliphatic heterocycles. The highest BCUT2D eigenvalue weighted by molar-refractivity contribution is 6.07. The number of fused-ring (bicyclic) bond motifs is 1. The summed E-state index contributed by atoms with van der Waals surface area (Å²) in [5.41, 5.74) is -0.391. The molecule has 1 amide bonds. The molecule has 8 heteroatoms. The number of halogens is 3. The highest BCUT2D eigenvalue weighted by atomic mass is 19.4. The topological polar surface area (TPSA) is 51.7 Å². The van der Waals surface area contributed by atoms with Gasteiger partial charge in [-0.3, -0.25) is 4.79 Å². The molecule has 0 aliphatic carbocycles. The van der Waals surface area contributed by atoms with E-state index in [0.29, 0.717) is 42.6 Å². The minimum absolute atomic E-state index is 0.0183. The second kappa shape index (κ2) is 7.71. The lowest BCUT2D eigenvalue weighted by atomic mass is 10.1. The number of hydrogen-bond acceptors (Lipinski definition) is 4. The lowest BCUT2D eigenvalue weighted by molar-refractivity contribution is -0.137. The van der Waals surface area contributed by atoms with E-state index in [9.17, 15) is 18.0 Å². The van der Waals surface area contributed by atoms with E-state index in [4.69, 9.17) is 9.47 Å². The Morgan fingerprint density at radius 2 is 1.76 bits per heavy atom. The van der Waals surface area contributed by atoms with Gasteiger partial charge in [0.15, 0.2) is 0 Å². The molecule has 1 saturated heterocycles. The van der Waals surface area contributed by atoms with Crippen LogP contribution in [0, 0.1) is 0 Å². The predicted octanol–water partition coefficient (Wildman–Crippen LogP) is 4.52. The van der Waals surface area contributed by atoms with Crippen LogP contribution in [-0.4, -0.2) is 42.1 Å². The van der Waals surface area contributed by atoms with Gasteiger partial charge in [-0.05, 0) is 24.3 Å². The number of hydrogen-bond donors (Lipinski definition) is 0. The van der Waals surface area contributed by atoms with Crippen LogP contribution in [0.15, 0.2) is 54.7 Å². The normalized spacial score (nSPS) is 14.8. The highest BCUT2D eigenvalue weighted by Crippen LogP contribution is 2.34. The van der Waals surface area contributed by atoms with Gasteiger partial charge in [0, 0.05) is 30.1 Å². The third-order valence-electron chi connectivity index (χ3n) is 4.66. The van der Waals surface area contributed by atoms with E-state index in [2.05, 4.69) is 4.98 Å². The van der Waals surface area contributed by atoms with Crippen molar-refractivity contribution in [3.8, 4) is 11.6 Å². The molecule has 0 saturated carbocycles. The van der Waals surface area contributed by atoms with Crippen LogP contribution in [0.2, 0.25) is 0 Å². The summed E-state index contributed by atoms with van der Waals surface area (Å²) < 4.78 is 49.8. The third kappa shape index (κ3) is 4.02. The van der Waals surface area contributed by atoms with Gasteiger partial charge in [-0.25, -0.2) is 4.98 Å². The number of morpholine rings is 1. The number of ether oxygens (including phenoxy) is 2. The molecular formula is C21H17F3N2O3. The molecule has 0 bridgehead atoms. The number of rotatable bonds is 3. The molecular weight excluding hydrogens is 385 g/mol. The monoisotopic (exact) mass is 402 g/mol. The zero-order chi connectivity index (χ0) is 20.4. The summed E-state index contributed by atoms with van der Waals surface area (Å²) >= 11 is 0. The second-order valence-corrected chi connectivity index (χ2v) is 6.55. The second-order valence-electron chi connectivity index (χ2n) is 6.55. The standard InChI is InChI=1S/C21H17F3N2O3/c22-21(23,24)14-4-3-5-15(12-14)29-19-17-7-2-1-6-16(17)18(13-25-19)20(27)26-8-10-28-11-9-26/h1-7,12-13H,8-11H2. The molecule has 1 aliphatic rings. The Bertz CT molecular complexity index is 1050. The molecule has 0 spiro atoms. The summed E-state index contributed by atoms with van der Waals surface area (Å²) in [6.07, 6.45) is -3.06. The maximum atomic E-state index is 13.0. The first kappa shape index (κ1) is 19.2. The van der Waals surface area contributed by atoms with Crippen molar-refractivity contribution in [3.63, 3.8) is 0 Å². The minimum atomic E-state index is -4.47. The van der Waals surface area contributed by atoms with E-state index in [1.807, 2.05) is 0 Å². The van der Waals surface area contributed by atoms with Crippen LogP contribution in [0.1, 0.15) is 15.9 Å². The van der Waals surface area contributed by atoms with Crippen molar-refractivity contribution in [1.82, 2.24) is 9.88 Å². The first-order valence-electron chi connectivity index (χ1n) is 9.03. The average Bonchev–Trinajstić information content (AvgIpc) is 2.74. The van der Waals surface area contributed by atoms with Crippen molar-refractivity contribution in [1.29, 1.82) is 0 Å². The van der Waals surface area contributed by atoms with Gasteiger partial charge in [-0.1, -0.05) is 24.3 Å². The Morgan fingerprint density at radius 3 is 2.48 bits per heavy atom. The van der Waals surface area contributed by atoms with Gasteiger partial charge in [-0.15, -0.1) is 0 Å². The fourth-order valence-corrected chi connectivity index (χ4v) is 3.20. The van der Waals surface area contributed by atoms with E-state index in [0.717, 1.165) is 12.1 Å². The Morgan fingerprint density at radius 1 is 1.03 bits per heavy atom. The Balaban J connectivity index is 1.70. The lowest BCUT2D eigenvalue weighted by Gasteiger charge is -2.27. The molecule has 5 nitrogen and oxygen atoms in total. The Labute approximate surface area is 164 Å². The van der Waals surface area contributed by atoms with Gasteiger partial charge in [0.1, 0.15) is 5.75 Å². The predicted molar refractivity (Wildman–Crippen MR) is 100.0 cm³/mol. The molecule has 0 radical (unpaired) electrons. The summed E-state index contributed by atoms with van der Waals surface area (Å²) in [6, 6.07) is 11.6. The highest BCUT2D eigenvalue weighted by Gasteiger charge is 2.30. The van der Waals surface area contributed by atoms with Crippen molar-refractivity contribution in [2.24, 2.45) is 0 Å². The van der Waals surface area contributed by atoms with Crippen molar-refractivity contribution in [3.05, 3.63) is 65.9 Å². The summed E-state index contributed by atoms with van der Waals surface area (Å²) in [5.74, 6) is -0.00851. The molecule has 2 heterocycles. The number of alkyl halides is 3.